The topological polar surface area (TPSA) is 47.6 Å². The van der Waals surface area contributed by atoms with E-state index in [9.17, 15) is 4.79 Å². The lowest BCUT2D eigenvalue weighted by atomic mass is 10.2. The zero-order chi connectivity index (χ0) is 14.7. The molecule has 4 nitrogen and oxygen atoms in total. The Labute approximate surface area is 131 Å². The van der Waals surface area contributed by atoms with Gasteiger partial charge in [-0.05, 0) is 40.2 Å². The second-order valence-corrected chi connectivity index (χ2v) is 5.54. The molecule has 1 N–H and O–H groups in total. The summed E-state index contributed by atoms with van der Waals surface area (Å²) in [4.78, 5) is 12.1. The number of ether oxygens (including phenoxy) is 2. The van der Waals surface area contributed by atoms with Crippen molar-refractivity contribution in [3.8, 4) is 11.5 Å². The first-order valence-electron chi connectivity index (χ1n) is 6.65. The van der Waals surface area contributed by atoms with Crippen LogP contribution in [-0.2, 0) is 0 Å². The van der Waals surface area contributed by atoms with Crippen LogP contribution in [-0.4, -0.2) is 25.2 Å². The Morgan fingerprint density at radius 2 is 1.86 bits per heavy atom. The predicted octanol–water partition coefficient (Wildman–Crippen LogP) is 3.02. The fourth-order valence-electron chi connectivity index (χ4n) is 2.11. The van der Waals surface area contributed by atoms with Crippen LogP contribution >= 0.6 is 15.9 Å². The molecule has 108 valence electrons. The van der Waals surface area contributed by atoms with E-state index in [0.29, 0.717) is 24.5 Å². The Hall–Kier alpha value is -2.01. The Balaban J connectivity index is 1.59. The molecule has 1 atom stereocenters. The summed E-state index contributed by atoms with van der Waals surface area (Å²) in [5.41, 5.74) is 0.606. The molecule has 0 fully saturated rings. The van der Waals surface area contributed by atoms with Gasteiger partial charge < -0.3 is 14.8 Å². The first-order chi connectivity index (χ1) is 10.2. The molecular formula is C16H14BrNO3. The van der Waals surface area contributed by atoms with Crippen LogP contribution in [0.3, 0.4) is 0 Å². The van der Waals surface area contributed by atoms with E-state index in [0.717, 1.165) is 10.2 Å². The molecule has 0 aromatic heterocycles. The van der Waals surface area contributed by atoms with Gasteiger partial charge >= 0.3 is 0 Å². The molecule has 1 aliphatic heterocycles. The molecule has 2 aromatic carbocycles. The van der Waals surface area contributed by atoms with E-state index in [1.807, 2.05) is 42.5 Å². The van der Waals surface area contributed by atoms with Crippen molar-refractivity contribution in [2.45, 2.75) is 6.10 Å². The minimum Gasteiger partial charge on any atom is -0.486 e. The van der Waals surface area contributed by atoms with E-state index < -0.39 is 0 Å². The highest BCUT2D eigenvalue weighted by Crippen LogP contribution is 2.30. The second kappa shape index (κ2) is 6.18. The van der Waals surface area contributed by atoms with Gasteiger partial charge in [-0.15, -0.1) is 0 Å². The molecule has 1 heterocycles. The Morgan fingerprint density at radius 3 is 2.67 bits per heavy atom. The number of rotatable bonds is 3. The van der Waals surface area contributed by atoms with E-state index in [2.05, 4.69) is 21.2 Å². The summed E-state index contributed by atoms with van der Waals surface area (Å²) in [6.07, 6.45) is -0.189. The molecule has 0 saturated carbocycles. The lowest BCUT2D eigenvalue weighted by molar-refractivity contribution is 0.0789. The average molecular weight is 348 g/mol. The van der Waals surface area contributed by atoms with Crippen LogP contribution in [0.4, 0.5) is 0 Å². The third kappa shape index (κ3) is 3.19. The smallest absolute Gasteiger partial charge is 0.252 e. The van der Waals surface area contributed by atoms with E-state index in [-0.39, 0.29) is 12.0 Å². The molecule has 0 saturated heterocycles. The van der Waals surface area contributed by atoms with Crippen LogP contribution in [0, 0.1) is 0 Å². The normalized spacial score (nSPS) is 16.3. The minimum atomic E-state index is -0.189. The maximum absolute atomic E-state index is 12.1. The number of nitrogens with one attached hydrogen (secondary N) is 1. The van der Waals surface area contributed by atoms with Crippen molar-refractivity contribution >= 4 is 21.8 Å². The van der Waals surface area contributed by atoms with Gasteiger partial charge in [-0.1, -0.05) is 24.3 Å². The van der Waals surface area contributed by atoms with Crippen LogP contribution in [0.1, 0.15) is 10.4 Å². The van der Waals surface area contributed by atoms with E-state index >= 15 is 0 Å². The highest BCUT2D eigenvalue weighted by atomic mass is 79.9. The number of hydrogen-bond acceptors (Lipinski definition) is 3. The maximum Gasteiger partial charge on any atom is 0.252 e. The van der Waals surface area contributed by atoms with Crippen LogP contribution in [0.5, 0.6) is 11.5 Å². The summed E-state index contributed by atoms with van der Waals surface area (Å²) in [5.74, 6) is 1.32. The minimum absolute atomic E-state index is 0.134. The Morgan fingerprint density at radius 1 is 1.14 bits per heavy atom. The number of fused-ring (bicyclic) bond motifs is 1. The van der Waals surface area contributed by atoms with Gasteiger partial charge in [-0.3, -0.25) is 4.79 Å². The SMILES string of the molecule is O=C(NC[C@H]1COc2ccccc2O1)c1ccccc1Br. The summed E-state index contributed by atoms with van der Waals surface area (Å²) in [6.45, 7) is 0.821. The molecule has 1 aliphatic rings. The fraction of sp³-hybridized carbons (Fsp3) is 0.188. The Kier molecular flexibility index (Phi) is 4.10. The molecule has 3 rings (SSSR count). The van der Waals surface area contributed by atoms with Gasteiger partial charge in [-0.25, -0.2) is 0 Å². The van der Waals surface area contributed by atoms with Crippen molar-refractivity contribution in [1.82, 2.24) is 5.32 Å². The molecule has 0 radical (unpaired) electrons. The molecule has 0 aliphatic carbocycles. The largest absolute Gasteiger partial charge is 0.486 e. The van der Waals surface area contributed by atoms with Gasteiger partial charge in [0.2, 0.25) is 0 Å². The third-order valence-electron chi connectivity index (χ3n) is 3.18. The maximum atomic E-state index is 12.1. The zero-order valence-electron chi connectivity index (χ0n) is 11.2. The van der Waals surface area contributed by atoms with Crippen LogP contribution < -0.4 is 14.8 Å². The summed E-state index contributed by atoms with van der Waals surface area (Å²) >= 11 is 3.37. The third-order valence-corrected chi connectivity index (χ3v) is 3.87. The second-order valence-electron chi connectivity index (χ2n) is 4.69. The fourth-order valence-corrected chi connectivity index (χ4v) is 2.58. The van der Waals surface area contributed by atoms with Crippen molar-refractivity contribution in [2.75, 3.05) is 13.2 Å². The molecule has 5 heteroatoms. The van der Waals surface area contributed by atoms with E-state index in [4.69, 9.17) is 9.47 Å². The zero-order valence-corrected chi connectivity index (χ0v) is 12.8. The number of hydrogen-bond donors (Lipinski definition) is 1. The number of carbonyl (C=O) groups excluding carboxylic acids is 1. The average Bonchev–Trinajstić information content (AvgIpc) is 2.53. The van der Waals surface area contributed by atoms with Gasteiger partial charge in [0.25, 0.3) is 5.91 Å². The van der Waals surface area contributed by atoms with Crippen LogP contribution in [0.25, 0.3) is 0 Å². The summed E-state index contributed by atoms with van der Waals surface area (Å²) in [6, 6.07) is 14.8. The van der Waals surface area contributed by atoms with Gasteiger partial charge in [0.05, 0.1) is 12.1 Å². The lowest BCUT2D eigenvalue weighted by Crippen LogP contribution is -2.40. The molecule has 21 heavy (non-hydrogen) atoms. The van der Waals surface area contributed by atoms with Gasteiger partial charge in [0, 0.05) is 4.47 Å². The summed E-state index contributed by atoms with van der Waals surface area (Å²) < 4.78 is 12.2. The highest BCUT2D eigenvalue weighted by molar-refractivity contribution is 9.10. The standard InChI is InChI=1S/C16H14BrNO3/c17-13-6-2-1-5-12(13)16(19)18-9-11-10-20-14-7-3-4-8-15(14)21-11/h1-8,11H,9-10H2,(H,18,19)/t11-/m0/s1. The first-order valence-corrected chi connectivity index (χ1v) is 7.44. The summed E-state index contributed by atoms with van der Waals surface area (Å²) in [7, 11) is 0. The predicted molar refractivity (Wildman–Crippen MR) is 82.8 cm³/mol. The number of benzene rings is 2. The van der Waals surface area contributed by atoms with Crippen molar-refractivity contribution < 1.29 is 14.3 Å². The molecule has 0 bridgehead atoms. The van der Waals surface area contributed by atoms with Crippen molar-refractivity contribution in [3.05, 3.63) is 58.6 Å². The highest BCUT2D eigenvalue weighted by Gasteiger charge is 2.21. The molecular weight excluding hydrogens is 334 g/mol. The molecule has 0 spiro atoms. The van der Waals surface area contributed by atoms with Crippen molar-refractivity contribution in [3.63, 3.8) is 0 Å². The van der Waals surface area contributed by atoms with Crippen molar-refractivity contribution in [2.24, 2.45) is 0 Å². The van der Waals surface area contributed by atoms with E-state index in [1.54, 1.807) is 6.07 Å². The first kappa shape index (κ1) is 13.9. The van der Waals surface area contributed by atoms with Gasteiger partial charge in [0.1, 0.15) is 12.7 Å². The lowest BCUT2D eigenvalue weighted by Gasteiger charge is -2.26. The van der Waals surface area contributed by atoms with E-state index in [1.165, 1.54) is 0 Å². The van der Waals surface area contributed by atoms with Crippen LogP contribution in [0.15, 0.2) is 53.0 Å². The van der Waals surface area contributed by atoms with Crippen LogP contribution in [0.2, 0.25) is 0 Å². The quantitative estimate of drug-likeness (QED) is 0.928. The summed E-state index contributed by atoms with van der Waals surface area (Å²) in [5, 5.41) is 2.87. The monoisotopic (exact) mass is 347 g/mol. The van der Waals surface area contributed by atoms with Gasteiger partial charge in [-0.2, -0.15) is 0 Å². The number of para-hydroxylation sites is 2. The van der Waals surface area contributed by atoms with Gasteiger partial charge in [0.15, 0.2) is 11.5 Å². The number of halogens is 1. The van der Waals surface area contributed by atoms with Crippen molar-refractivity contribution in [1.29, 1.82) is 0 Å². The number of carbonyl (C=O) groups is 1. The molecule has 1 amide bonds. The Bertz CT molecular complexity index is 659. The number of amides is 1. The molecule has 2 aromatic rings. The molecule has 0 unspecified atom stereocenters.